The number of methoxy groups -OCH3 is 1. The normalized spacial score (nSPS) is 10.6. The lowest BCUT2D eigenvalue weighted by Crippen LogP contribution is -2.33. The summed E-state index contributed by atoms with van der Waals surface area (Å²) in [5, 5.41) is 9.66. The smallest absolute Gasteiger partial charge is 0.413 e. The zero-order valence-corrected chi connectivity index (χ0v) is 11.7. The van der Waals surface area contributed by atoms with Crippen molar-refractivity contribution in [2.45, 2.75) is 26.7 Å². The van der Waals surface area contributed by atoms with E-state index in [4.69, 9.17) is 9.47 Å². The van der Waals surface area contributed by atoms with Crippen molar-refractivity contribution in [1.29, 1.82) is 0 Å². The molecule has 2 amide bonds. The number of aromatic nitrogens is 3. The molecule has 0 bridgehead atoms. The van der Waals surface area contributed by atoms with Crippen LogP contribution >= 0.6 is 0 Å². The van der Waals surface area contributed by atoms with Gasteiger partial charge in [0, 0.05) is 13.2 Å². The van der Waals surface area contributed by atoms with Crippen LogP contribution in [0.3, 0.4) is 0 Å². The minimum Gasteiger partial charge on any atom is -0.453 e. The molecular weight excluding hydrogens is 268 g/mol. The summed E-state index contributed by atoms with van der Waals surface area (Å²) in [4.78, 5) is 22.3. The monoisotopic (exact) mass is 286 g/mol. The molecule has 0 atom stereocenters. The molecule has 1 N–H and O–H groups in total. The molecule has 0 radical (unpaired) electrons. The molecule has 9 heteroatoms. The average molecular weight is 286 g/mol. The first kappa shape index (κ1) is 16.1. The fourth-order valence-corrected chi connectivity index (χ4v) is 1.37. The fourth-order valence-electron chi connectivity index (χ4n) is 1.37. The van der Waals surface area contributed by atoms with Crippen molar-refractivity contribution in [1.82, 2.24) is 20.3 Å². The number of imide groups is 1. The maximum absolute atomic E-state index is 11.4. The molecule has 0 unspecified atom stereocenters. The van der Waals surface area contributed by atoms with E-state index in [1.807, 2.05) is 19.2 Å². The molecule has 112 valence electrons. The zero-order chi connectivity index (χ0) is 15.0. The van der Waals surface area contributed by atoms with Crippen molar-refractivity contribution in [3.8, 4) is 0 Å². The number of nitrogens with zero attached hydrogens (tertiary/aromatic N) is 3. The highest BCUT2D eigenvalue weighted by atomic mass is 16.7. The molecule has 0 aliphatic rings. The van der Waals surface area contributed by atoms with Crippen LogP contribution < -0.4 is 5.32 Å². The Kier molecular flexibility index (Phi) is 6.60. The first-order valence-electron chi connectivity index (χ1n) is 6.11. The average Bonchev–Trinajstić information content (AvgIpc) is 2.86. The maximum Gasteiger partial charge on any atom is 0.413 e. The van der Waals surface area contributed by atoms with Crippen LogP contribution in [-0.4, -0.2) is 47.3 Å². The van der Waals surface area contributed by atoms with Gasteiger partial charge in [-0.3, -0.25) is 10.1 Å². The molecule has 0 saturated heterocycles. The molecule has 0 aliphatic heterocycles. The molecule has 1 rings (SSSR count). The molecular formula is C11H18N4O5. The molecule has 1 aromatic rings. The molecule has 20 heavy (non-hydrogen) atoms. The summed E-state index contributed by atoms with van der Waals surface area (Å²) in [6, 6.07) is 0. The Morgan fingerprint density at radius 2 is 2.00 bits per heavy atom. The first-order valence-corrected chi connectivity index (χ1v) is 6.11. The largest absolute Gasteiger partial charge is 0.453 e. The highest BCUT2D eigenvalue weighted by Gasteiger charge is 2.17. The molecule has 9 nitrogen and oxygen atoms in total. The van der Waals surface area contributed by atoms with Crippen molar-refractivity contribution in [2.75, 3.05) is 20.3 Å². The van der Waals surface area contributed by atoms with E-state index in [9.17, 15) is 9.59 Å². The molecule has 0 saturated carbocycles. The van der Waals surface area contributed by atoms with Crippen molar-refractivity contribution in [3.05, 3.63) is 11.9 Å². The van der Waals surface area contributed by atoms with Gasteiger partial charge in [0.1, 0.15) is 12.2 Å². The van der Waals surface area contributed by atoms with E-state index in [-0.39, 0.29) is 6.54 Å². The fraction of sp³-hybridized carbons (Fsp3) is 0.636. The van der Waals surface area contributed by atoms with Crippen LogP contribution in [0.5, 0.6) is 0 Å². The van der Waals surface area contributed by atoms with Gasteiger partial charge in [-0.15, -0.1) is 5.10 Å². The summed E-state index contributed by atoms with van der Waals surface area (Å²) in [7, 11) is 1.17. The van der Waals surface area contributed by atoms with E-state index < -0.39 is 18.3 Å². The number of amides is 2. The summed E-state index contributed by atoms with van der Waals surface area (Å²) < 4.78 is 16.3. The Balaban J connectivity index is 2.61. The summed E-state index contributed by atoms with van der Waals surface area (Å²) >= 11 is 0. The third-order valence-electron chi connectivity index (χ3n) is 2.17. The predicted molar refractivity (Wildman–Crippen MR) is 66.6 cm³/mol. The summed E-state index contributed by atoms with van der Waals surface area (Å²) in [6.45, 7) is 4.42. The number of nitrogens with one attached hydrogen (secondary N) is 1. The lowest BCUT2D eigenvalue weighted by Gasteiger charge is -2.13. The summed E-state index contributed by atoms with van der Waals surface area (Å²) in [5.74, 6) is -0.558. The van der Waals surface area contributed by atoms with Gasteiger partial charge in [0.05, 0.1) is 13.3 Å². The molecule has 0 fully saturated rings. The second kappa shape index (κ2) is 8.23. The third kappa shape index (κ3) is 4.94. The van der Waals surface area contributed by atoms with E-state index in [1.54, 1.807) is 0 Å². The Morgan fingerprint density at radius 1 is 1.35 bits per heavy atom. The Morgan fingerprint density at radius 3 is 2.55 bits per heavy atom. The topological polar surface area (TPSA) is 105 Å². The lowest BCUT2D eigenvalue weighted by molar-refractivity contribution is -0.142. The number of ether oxygens (including phenoxy) is 3. The van der Waals surface area contributed by atoms with E-state index >= 15 is 0 Å². The van der Waals surface area contributed by atoms with E-state index in [2.05, 4.69) is 15.0 Å². The summed E-state index contributed by atoms with van der Waals surface area (Å²) in [5.41, 5.74) is 0.458. The standard InChI is InChI=1S/C11H18N4O5/c1-4-19-10(20-5-2)8-6-15(14-13-8)7-9(16)12-11(17)18-3/h6,10H,4-5,7H2,1-3H3,(H,12,16,17). The minimum atomic E-state index is -0.822. The molecule has 0 aliphatic carbocycles. The van der Waals surface area contributed by atoms with Gasteiger partial charge in [0.15, 0.2) is 0 Å². The van der Waals surface area contributed by atoms with Gasteiger partial charge in [-0.05, 0) is 13.8 Å². The van der Waals surface area contributed by atoms with E-state index in [0.29, 0.717) is 18.9 Å². The van der Waals surface area contributed by atoms with Crippen LogP contribution in [0.4, 0.5) is 4.79 Å². The highest BCUT2D eigenvalue weighted by Crippen LogP contribution is 2.15. The van der Waals surface area contributed by atoms with Crippen LogP contribution in [0.2, 0.25) is 0 Å². The number of rotatable bonds is 7. The molecule has 0 aromatic carbocycles. The highest BCUT2D eigenvalue weighted by molar-refractivity contribution is 5.91. The lowest BCUT2D eigenvalue weighted by atomic mass is 10.4. The Labute approximate surface area is 116 Å². The van der Waals surface area contributed by atoms with Crippen LogP contribution in [-0.2, 0) is 25.5 Å². The second-order valence-corrected chi connectivity index (χ2v) is 3.62. The van der Waals surface area contributed by atoms with Gasteiger partial charge in [-0.1, -0.05) is 5.21 Å². The Bertz CT molecular complexity index is 442. The Hall–Kier alpha value is -2.00. The second-order valence-electron chi connectivity index (χ2n) is 3.62. The van der Waals surface area contributed by atoms with Crippen molar-refractivity contribution in [3.63, 3.8) is 0 Å². The molecule has 1 heterocycles. The van der Waals surface area contributed by atoms with E-state index in [1.165, 1.54) is 18.0 Å². The van der Waals surface area contributed by atoms with Gasteiger partial charge < -0.3 is 14.2 Å². The molecule has 0 spiro atoms. The quantitative estimate of drug-likeness (QED) is 0.715. The number of alkyl carbamates (subject to hydrolysis) is 1. The van der Waals surface area contributed by atoms with Gasteiger partial charge in [0.25, 0.3) is 5.91 Å². The van der Waals surface area contributed by atoms with Crippen LogP contribution in [0.25, 0.3) is 0 Å². The van der Waals surface area contributed by atoms with Gasteiger partial charge in [-0.2, -0.15) is 0 Å². The van der Waals surface area contributed by atoms with Crippen molar-refractivity contribution >= 4 is 12.0 Å². The van der Waals surface area contributed by atoms with Gasteiger partial charge in [-0.25, -0.2) is 9.48 Å². The number of hydrogen-bond donors (Lipinski definition) is 1. The first-order chi connectivity index (χ1) is 9.60. The van der Waals surface area contributed by atoms with Crippen molar-refractivity contribution in [2.24, 2.45) is 0 Å². The third-order valence-corrected chi connectivity index (χ3v) is 2.17. The molecule has 1 aromatic heterocycles. The minimum absolute atomic E-state index is 0.160. The SMILES string of the molecule is CCOC(OCC)c1cn(CC(=O)NC(=O)OC)nn1. The zero-order valence-electron chi connectivity index (χ0n) is 11.7. The van der Waals surface area contributed by atoms with Gasteiger partial charge in [0.2, 0.25) is 6.29 Å². The summed E-state index contributed by atoms with van der Waals surface area (Å²) in [6.07, 6.45) is 0.0756. The maximum atomic E-state index is 11.4. The van der Waals surface area contributed by atoms with Crippen LogP contribution in [0.1, 0.15) is 25.8 Å². The van der Waals surface area contributed by atoms with Crippen LogP contribution in [0, 0.1) is 0 Å². The van der Waals surface area contributed by atoms with E-state index in [0.717, 1.165) is 0 Å². The van der Waals surface area contributed by atoms with Crippen LogP contribution in [0.15, 0.2) is 6.20 Å². The predicted octanol–water partition coefficient (Wildman–Crippen LogP) is 0.232. The van der Waals surface area contributed by atoms with Crippen molar-refractivity contribution < 1.29 is 23.8 Å². The van der Waals surface area contributed by atoms with Gasteiger partial charge >= 0.3 is 6.09 Å². The number of carbonyl (C=O) groups is 2. The number of hydrogen-bond acceptors (Lipinski definition) is 7. The number of carbonyl (C=O) groups excluding carboxylic acids is 2.